The van der Waals surface area contributed by atoms with E-state index in [1.807, 2.05) is 12.1 Å². The van der Waals surface area contributed by atoms with Crippen molar-refractivity contribution in [2.45, 2.75) is 45.3 Å². The maximum atomic E-state index is 13.3. The quantitative estimate of drug-likeness (QED) is 0.889. The number of halogens is 1. The molecule has 18 heavy (non-hydrogen) atoms. The van der Waals surface area contributed by atoms with Crippen molar-refractivity contribution in [2.75, 3.05) is 13.1 Å². The van der Waals surface area contributed by atoms with E-state index in [0.717, 1.165) is 31.5 Å². The molecule has 1 atom stereocenters. The molecule has 1 heterocycles. The van der Waals surface area contributed by atoms with Crippen molar-refractivity contribution in [3.63, 3.8) is 0 Å². The number of rotatable bonds is 3. The molecule has 1 N–H and O–H groups in total. The Balaban J connectivity index is 2.20. The Kier molecular flexibility index (Phi) is 4.03. The van der Waals surface area contributed by atoms with Gasteiger partial charge in [-0.15, -0.1) is 0 Å². The predicted octanol–water partition coefficient (Wildman–Crippen LogP) is 3.35. The van der Waals surface area contributed by atoms with Crippen molar-refractivity contribution in [3.8, 4) is 0 Å². The molecule has 0 aliphatic carbocycles. The molecular weight excluding hydrogens is 229 g/mol. The summed E-state index contributed by atoms with van der Waals surface area (Å²) in [6.07, 6.45) is 2.01. The second-order valence-electron chi connectivity index (χ2n) is 5.14. The number of nitrogens with one attached hydrogen (secondary N) is 1. The fourth-order valence-electron chi connectivity index (χ4n) is 2.54. The summed E-state index contributed by atoms with van der Waals surface area (Å²) in [5.41, 5.74) is 1.67. The van der Waals surface area contributed by atoms with Crippen LogP contribution in [0.2, 0.25) is 0 Å². The highest BCUT2D eigenvalue weighted by molar-refractivity contribution is 5.26. The van der Waals surface area contributed by atoms with Crippen LogP contribution in [0.4, 0.5) is 4.39 Å². The van der Waals surface area contributed by atoms with Crippen LogP contribution < -0.4 is 5.32 Å². The van der Waals surface area contributed by atoms with Gasteiger partial charge in [-0.3, -0.25) is 0 Å². The zero-order chi connectivity index (χ0) is 13.2. The summed E-state index contributed by atoms with van der Waals surface area (Å²) < 4.78 is 19.6. The maximum Gasteiger partial charge on any atom is 0.126 e. The summed E-state index contributed by atoms with van der Waals surface area (Å²) >= 11 is 0. The average Bonchev–Trinajstić information content (AvgIpc) is 2.42. The normalized spacial score (nSPS) is 23.0. The lowest BCUT2D eigenvalue weighted by atomic mass is 9.93. The minimum Gasteiger partial charge on any atom is -0.364 e. The summed E-state index contributed by atoms with van der Waals surface area (Å²) in [4.78, 5) is 0. The highest BCUT2D eigenvalue weighted by Gasteiger charge is 2.34. The van der Waals surface area contributed by atoms with E-state index in [-0.39, 0.29) is 17.5 Å². The molecule has 0 amide bonds. The van der Waals surface area contributed by atoms with Crippen LogP contribution in [0.15, 0.2) is 18.2 Å². The molecule has 1 fully saturated rings. The Morgan fingerprint density at radius 1 is 1.39 bits per heavy atom. The standard InChI is InChI=1S/C15H22FNO/c1-4-15(5-2)10-17-9-14(18-15)12-6-7-13(16)11(3)8-12/h6-8,14,17H,4-5,9-10H2,1-3H3. The van der Waals surface area contributed by atoms with E-state index in [4.69, 9.17) is 4.74 Å². The van der Waals surface area contributed by atoms with Crippen LogP contribution in [0, 0.1) is 12.7 Å². The van der Waals surface area contributed by atoms with Gasteiger partial charge in [0.1, 0.15) is 5.82 Å². The van der Waals surface area contributed by atoms with E-state index in [9.17, 15) is 4.39 Å². The Morgan fingerprint density at radius 3 is 2.72 bits per heavy atom. The van der Waals surface area contributed by atoms with E-state index < -0.39 is 0 Å². The Morgan fingerprint density at radius 2 is 2.11 bits per heavy atom. The van der Waals surface area contributed by atoms with E-state index in [1.165, 1.54) is 6.07 Å². The molecule has 2 nitrogen and oxygen atoms in total. The van der Waals surface area contributed by atoms with Gasteiger partial charge in [0.05, 0.1) is 11.7 Å². The highest BCUT2D eigenvalue weighted by Crippen LogP contribution is 2.32. The molecule has 1 aromatic carbocycles. The molecule has 1 aromatic rings. The smallest absolute Gasteiger partial charge is 0.126 e. The van der Waals surface area contributed by atoms with Crippen LogP contribution in [0.5, 0.6) is 0 Å². The third-order valence-corrected chi connectivity index (χ3v) is 4.01. The van der Waals surface area contributed by atoms with Gasteiger partial charge in [-0.1, -0.05) is 26.0 Å². The van der Waals surface area contributed by atoms with Crippen molar-refractivity contribution in [3.05, 3.63) is 35.1 Å². The number of ether oxygens (including phenoxy) is 1. The Labute approximate surface area is 109 Å². The SMILES string of the molecule is CCC1(CC)CNCC(c2ccc(F)c(C)c2)O1. The van der Waals surface area contributed by atoms with Crippen LogP contribution >= 0.6 is 0 Å². The van der Waals surface area contributed by atoms with Crippen LogP contribution in [0.1, 0.15) is 43.9 Å². The molecule has 1 aliphatic rings. The zero-order valence-corrected chi connectivity index (χ0v) is 11.4. The van der Waals surface area contributed by atoms with Gasteiger partial charge >= 0.3 is 0 Å². The lowest BCUT2D eigenvalue weighted by Crippen LogP contribution is -2.50. The number of benzene rings is 1. The molecule has 0 radical (unpaired) electrons. The minimum atomic E-state index is -0.153. The third-order valence-electron chi connectivity index (χ3n) is 4.01. The number of hydrogen-bond acceptors (Lipinski definition) is 2. The van der Waals surface area contributed by atoms with E-state index in [0.29, 0.717) is 5.56 Å². The van der Waals surface area contributed by atoms with E-state index >= 15 is 0 Å². The highest BCUT2D eigenvalue weighted by atomic mass is 19.1. The first-order valence-corrected chi connectivity index (χ1v) is 6.75. The van der Waals surface area contributed by atoms with Gasteiger partial charge in [0.2, 0.25) is 0 Å². The molecule has 0 aromatic heterocycles. The second kappa shape index (κ2) is 5.37. The molecule has 1 aliphatic heterocycles. The molecular formula is C15H22FNO. The largest absolute Gasteiger partial charge is 0.364 e. The fourth-order valence-corrected chi connectivity index (χ4v) is 2.54. The maximum absolute atomic E-state index is 13.3. The number of morpholine rings is 1. The minimum absolute atomic E-state index is 0.0259. The van der Waals surface area contributed by atoms with Crippen LogP contribution in [0.25, 0.3) is 0 Å². The molecule has 2 rings (SSSR count). The van der Waals surface area contributed by atoms with Crippen molar-refractivity contribution in [2.24, 2.45) is 0 Å². The third kappa shape index (κ3) is 2.57. The van der Waals surface area contributed by atoms with Crippen molar-refractivity contribution >= 4 is 0 Å². The first-order valence-electron chi connectivity index (χ1n) is 6.75. The van der Waals surface area contributed by atoms with E-state index in [1.54, 1.807) is 6.92 Å². The topological polar surface area (TPSA) is 21.3 Å². The van der Waals surface area contributed by atoms with Gasteiger partial charge in [0.25, 0.3) is 0 Å². The van der Waals surface area contributed by atoms with Gasteiger partial charge in [0, 0.05) is 13.1 Å². The summed E-state index contributed by atoms with van der Waals surface area (Å²) in [6.45, 7) is 7.80. The van der Waals surface area contributed by atoms with Crippen molar-refractivity contribution in [1.29, 1.82) is 0 Å². The molecule has 3 heteroatoms. The number of hydrogen-bond donors (Lipinski definition) is 1. The molecule has 0 spiro atoms. The lowest BCUT2D eigenvalue weighted by molar-refractivity contribution is -0.122. The van der Waals surface area contributed by atoms with Gasteiger partial charge in [-0.05, 0) is 37.0 Å². The zero-order valence-electron chi connectivity index (χ0n) is 11.4. The summed E-state index contributed by atoms with van der Waals surface area (Å²) in [7, 11) is 0. The molecule has 0 saturated carbocycles. The summed E-state index contributed by atoms with van der Waals surface area (Å²) in [6, 6.07) is 5.25. The van der Waals surface area contributed by atoms with Crippen LogP contribution in [-0.4, -0.2) is 18.7 Å². The molecule has 1 unspecified atom stereocenters. The average molecular weight is 251 g/mol. The number of aryl methyl sites for hydroxylation is 1. The Bertz CT molecular complexity index is 415. The van der Waals surface area contributed by atoms with E-state index in [2.05, 4.69) is 19.2 Å². The van der Waals surface area contributed by atoms with Gasteiger partial charge < -0.3 is 10.1 Å². The van der Waals surface area contributed by atoms with Gasteiger partial charge in [0.15, 0.2) is 0 Å². The van der Waals surface area contributed by atoms with Gasteiger partial charge in [-0.2, -0.15) is 0 Å². The Hall–Kier alpha value is -0.930. The fraction of sp³-hybridized carbons (Fsp3) is 0.600. The predicted molar refractivity (Wildman–Crippen MR) is 71.1 cm³/mol. The van der Waals surface area contributed by atoms with Crippen LogP contribution in [-0.2, 0) is 4.74 Å². The monoisotopic (exact) mass is 251 g/mol. The lowest BCUT2D eigenvalue weighted by Gasteiger charge is -2.41. The molecule has 1 saturated heterocycles. The summed E-state index contributed by atoms with van der Waals surface area (Å²) in [5.74, 6) is -0.153. The molecule has 0 bridgehead atoms. The van der Waals surface area contributed by atoms with Gasteiger partial charge in [-0.25, -0.2) is 4.39 Å². The summed E-state index contributed by atoms with van der Waals surface area (Å²) in [5, 5.41) is 3.44. The first-order chi connectivity index (χ1) is 8.60. The second-order valence-corrected chi connectivity index (χ2v) is 5.14. The van der Waals surface area contributed by atoms with Crippen molar-refractivity contribution in [1.82, 2.24) is 5.32 Å². The molecule has 100 valence electrons. The first kappa shape index (κ1) is 13.5. The van der Waals surface area contributed by atoms with Crippen LogP contribution in [0.3, 0.4) is 0 Å². The van der Waals surface area contributed by atoms with Crippen molar-refractivity contribution < 1.29 is 9.13 Å².